The highest BCUT2D eigenvalue weighted by Gasteiger charge is 2.04. The van der Waals surface area contributed by atoms with Crippen LogP contribution in [0.15, 0.2) is 30.5 Å². The van der Waals surface area contributed by atoms with Gasteiger partial charge in [-0.05, 0) is 36.2 Å². The van der Waals surface area contributed by atoms with Gasteiger partial charge in [0.1, 0.15) is 5.75 Å². The molecule has 0 saturated carbocycles. The molecule has 0 unspecified atom stereocenters. The van der Waals surface area contributed by atoms with Gasteiger partial charge in [-0.3, -0.25) is 9.78 Å². The number of nitrogens with zero attached hydrogens (tertiary/aromatic N) is 1. The third-order valence-corrected chi connectivity index (χ3v) is 2.81. The number of nitrogens with one attached hydrogen (secondary N) is 1. The second kappa shape index (κ2) is 5.49. The zero-order valence-corrected chi connectivity index (χ0v) is 10.6. The molecule has 0 aliphatic carbocycles. The number of methoxy groups -OCH3 is 1. The van der Waals surface area contributed by atoms with Crippen molar-refractivity contribution in [3.8, 4) is 5.75 Å². The number of amides is 1. The van der Waals surface area contributed by atoms with Gasteiger partial charge in [0.05, 0.1) is 12.6 Å². The molecule has 1 aromatic carbocycles. The summed E-state index contributed by atoms with van der Waals surface area (Å²) in [4.78, 5) is 15.2. The molecule has 4 nitrogen and oxygen atoms in total. The number of hydrogen-bond donors (Lipinski definition) is 1. The van der Waals surface area contributed by atoms with Crippen LogP contribution in [0.2, 0.25) is 0 Å². The molecule has 1 N–H and O–H groups in total. The number of hydrogen-bond acceptors (Lipinski definition) is 3. The first-order chi connectivity index (χ1) is 8.70. The molecule has 2 aromatic rings. The fourth-order valence-electron chi connectivity index (χ4n) is 1.90. The molecule has 0 radical (unpaired) electrons. The minimum Gasteiger partial charge on any atom is -0.497 e. The summed E-state index contributed by atoms with van der Waals surface area (Å²) in [5, 5.41) is 3.87. The summed E-state index contributed by atoms with van der Waals surface area (Å²) < 4.78 is 5.22. The Bertz CT molecular complexity index is 567. The van der Waals surface area contributed by atoms with Gasteiger partial charge in [0.25, 0.3) is 0 Å². The lowest BCUT2D eigenvalue weighted by Crippen LogP contribution is -2.22. The van der Waals surface area contributed by atoms with Crippen molar-refractivity contribution in [2.75, 3.05) is 13.7 Å². The molecule has 0 spiro atoms. The van der Waals surface area contributed by atoms with Crippen LogP contribution in [0.1, 0.15) is 12.5 Å². The lowest BCUT2D eigenvalue weighted by Gasteiger charge is -2.08. The maximum Gasteiger partial charge on any atom is 0.216 e. The zero-order valence-electron chi connectivity index (χ0n) is 10.6. The second-order valence-electron chi connectivity index (χ2n) is 4.09. The molecule has 0 aliphatic heterocycles. The van der Waals surface area contributed by atoms with Gasteiger partial charge in [0.2, 0.25) is 5.91 Å². The van der Waals surface area contributed by atoms with Crippen LogP contribution >= 0.6 is 0 Å². The Labute approximate surface area is 106 Å². The summed E-state index contributed by atoms with van der Waals surface area (Å²) in [6.45, 7) is 2.15. The van der Waals surface area contributed by atoms with E-state index in [1.807, 2.05) is 24.3 Å². The van der Waals surface area contributed by atoms with Gasteiger partial charge in [-0.25, -0.2) is 0 Å². The number of rotatable bonds is 4. The Morgan fingerprint density at radius 1 is 1.39 bits per heavy atom. The highest BCUT2D eigenvalue weighted by atomic mass is 16.5. The first kappa shape index (κ1) is 12.4. The summed E-state index contributed by atoms with van der Waals surface area (Å²) >= 11 is 0. The molecular formula is C14H16N2O2. The van der Waals surface area contributed by atoms with E-state index in [4.69, 9.17) is 4.74 Å². The van der Waals surface area contributed by atoms with Crippen molar-refractivity contribution in [1.82, 2.24) is 10.3 Å². The van der Waals surface area contributed by atoms with Crippen LogP contribution in [-0.2, 0) is 11.2 Å². The molecule has 1 heterocycles. The average Bonchev–Trinajstić information content (AvgIpc) is 2.38. The Morgan fingerprint density at radius 3 is 2.94 bits per heavy atom. The average molecular weight is 244 g/mol. The summed E-state index contributed by atoms with van der Waals surface area (Å²) in [5.74, 6) is 0.808. The number of carbonyl (C=O) groups excluding carboxylic acids is 1. The first-order valence-corrected chi connectivity index (χ1v) is 5.87. The number of pyridine rings is 1. The van der Waals surface area contributed by atoms with Crippen LogP contribution < -0.4 is 10.1 Å². The van der Waals surface area contributed by atoms with Crippen molar-refractivity contribution in [3.63, 3.8) is 0 Å². The van der Waals surface area contributed by atoms with E-state index in [-0.39, 0.29) is 5.91 Å². The van der Waals surface area contributed by atoms with Gasteiger partial charge in [0.15, 0.2) is 0 Å². The first-order valence-electron chi connectivity index (χ1n) is 5.87. The molecule has 0 atom stereocenters. The third kappa shape index (κ3) is 2.77. The molecule has 18 heavy (non-hydrogen) atoms. The lowest BCUT2D eigenvalue weighted by atomic mass is 10.1. The Morgan fingerprint density at radius 2 is 2.22 bits per heavy atom. The lowest BCUT2D eigenvalue weighted by molar-refractivity contribution is -0.118. The minimum absolute atomic E-state index is 0.00839. The maximum atomic E-state index is 10.9. The van der Waals surface area contributed by atoms with Crippen LogP contribution in [0.4, 0.5) is 0 Å². The van der Waals surface area contributed by atoms with E-state index in [1.54, 1.807) is 13.3 Å². The minimum atomic E-state index is -0.00839. The second-order valence-corrected chi connectivity index (χ2v) is 4.09. The normalized spacial score (nSPS) is 10.3. The van der Waals surface area contributed by atoms with Crippen molar-refractivity contribution >= 4 is 16.8 Å². The van der Waals surface area contributed by atoms with Gasteiger partial charge in [-0.15, -0.1) is 0 Å². The zero-order chi connectivity index (χ0) is 13.0. The van der Waals surface area contributed by atoms with Crippen LogP contribution in [0.5, 0.6) is 5.75 Å². The quantitative estimate of drug-likeness (QED) is 0.894. The van der Waals surface area contributed by atoms with Crippen molar-refractivity contribution in [2.24, 2.45) is 0 Å². The molecule has 1 aromatic heterocycles. The predicted octanol–water partition coefficient (Wildman–Crippen LogP) is 1.92. The van der Waals surface area contributed by atoms with Crippen molar-refractivity contribution < 1.29 is 9.53 Å². The van der Waals surface area contributed by atoms with Gasteiger partial charge in [-0.1, -0.05) is 0 Å². The molecule has 94 valence electrons. The Hall–Kier alpha value is -2.10. The molecular weight excluding hydrogens is 228 g/mol. The van der Waals surface area contributed by atoms with Gasteiger partial charge >= 0.3 is 0 Å². The van der Waals surface area contributed by atoms with E-state index in [1.165, 1.54) is 6.92 Å². The summed E-state index contributed by atoms with van der Waals surface area (Å²) in [5.41, 5.74) is 2.10. The van der Waals surface area contributed by atoms with Crippen molar-refractivity contribution in [1.29, 1.82) is 0 Å². The number of ether oxygens (including phenoxy) is 1. The van der Waals surface area contributed by atoms with Crippen LogP contribution in [0.3, 0.4) is 0 Å². The Kier molecular flexibility index (Phi) is 3.77. The fourth-order valence-corrected chi connectivity index (χ4v) is 1.90. The molecule has 0 aliphatic rings. The maximum absolute atomic E-state index is 10.9. The summed E-state index contributed by atoms with van der Waals surface area (Å²) in [6, 6.07) is 7.79. The SMILES string of the molecule is COc1ccc2nccc(CCNC(C)=O)c2c1. The summed E-state index contributed by atoms with van der Waals surface area (Å²) in [6.07, 6.45) is 2.57. The van der Waals surface area contributed by atoms with E-state index < -0.39 is 0 Å². The summed E-state index contributed by atoms with van der Waals surface area (Å²) in [7, 11) is 1.65. The van der Waals surface area contributed by atoms with Crippen LogP contribution in [-0.4, -0.2) is 24.5 Å². The van der Waals surface area contributed by atoms with Crippen molar-refractivity contribution in [2.45, 2.75) is 13.3 Å². The molecule has 0 saturated heterocycles. The van der Waals surface area contributed by atoms with Crippen LogP contribution in [0.25, 0.3) is 10.9 Å². The molecule has 0 bridgehead atoms. The van der Waals surface area contributed by atoms with E-state index in [0.29, 0.717) is 6.54 Å². The van der Waals surface area contributed by atoms with E-state index in [0.717, 1.165) is 28.6 Å². The predicted molar refractivity (Wildman–Crippen MR) is 70.7 cm³/mol. The molecule has 1 amide bonds. The Balaban J connectivity index is 2.28. The topological polar surface area (TPSA) is 51.2 Å². The number of carbonyl (C=O) groups is 1. The van der Waals surface area contributed by atoms with E-state index >= 15 is 0 Å². The molecule has 2 rings (SSSR count). The number of fused-ring (bicyclic) bond motifs is 1. The molecule has 4 heteroatoms. The number of benzene rings is 1. The van der Waals surface area contributed by atoms with Crippen LogP contribution in [0, 0.1) is 0 Å². The van der Waals surface area contributed by atoms with Gasteiger partial charge in [0, 0.05) is 25.1 Å². The fraction of sp³-hybridized carbons (Fsp3) is 0.286. The standard InChI is InChI=1S/C14H16N2O2/c1-10(17)15-7-5-11-6-8-16-14-4-3-12(18-2)9-13(11)14/h3-4,6,8-9H,5,7H2,1-2H3,(H,15,17). The molecule has 0 fully saturated rings. The largest absolute Gasteiger partial charge is 0.497 e. The monoisotopic (exact) mass is 244 g/mol. The van der Waals surface area contributed by atoms with Gasteiger partial charge < -0.3 is 10.1 Å². The van der Waals surface area contributed by atoms with Crippen molar-refractivity contribution in [3.05, 3.63) is 36.0 Å². The smallest absolute Gasteiger partial charge is 0.216 e. The number of aromatic nitrogens is 1. The van der Waals surface area contributed by atoms with Gasteiger partial charge in [-0.2, -0.15) is 0 Å². The van der Waals surface area contributed by atoms with E-state index in [2.05, 4.69) is 10.3 Å². The third-order valence-electron chi connectivity index (χ3n) is 2.81. The highest BCUT2D eigenvalue weighted by Crippen LogP contribution is 2.22. The highest BCUT2D eigenvalue weighted by molar-refractivity contribution is 5.83. The van der Waals surface area contributed by atoms with E-state index in [9.17, 15) is 4.79 Å².